The minimum Gasteiger partial charge on any atom is -0.469 e. The van der Waals surface area contributed by atoms with E-state index in [1.807, 2.05) is 18.2 Å². The second kappa shape index (κ2) is 4.28. The van der Waals surface area contributed by atoms with Crippen LogP contribution in [0.5, 0.6) is 5.75 Å². The van der Waals surface area contributed by atoms with Crippen LogP contribution in [0.3, 0.4) is 0 Å². The summed E-state index contributed by atoms with van der Waals surface area (Å²) in [4.78, 5) is 12.1. The van der Waals surface area contributed by atoms with E-state index in [1.54, 1.807) is 0 Å². The zero-order valence-corrected chi connectivity index (χ0v) is 10.3. The van der Waals surface area contributed by atoms with Crippen LogP contribution in [0.15, 0.2) is 18.2 Å². The van der Waals surface area contributed by atoms with Crippen LogP contribution in [0.1, 0.15) is 30.9 Å². The molecule has 0 fully saturated rings. The molecule has 0 radical (unpaired) electrons. The molecule has 92 valence electrons. The van der Waals surface area contributed by atoms with Crippen molar-refractivity contribution in [3.63, 3.8) is 0 Å². The standard InChI is InChI=1S/C13H17NO3/c1-8(2)10-6-4-5-9-7-11(17-12(9)10)14(3)13(15)16/h4-6,8,11H,7H2,1-3H3,(H,15,16). The Morgan fingerprint density at radius 1 is 1.53 bits per heavy atom. The molecule has 1 unspecified atom stereocenters. The number of rotatable bonds is 2. The summed E-state index contributed by atoms with van der Waals surface area (Å²) in [7, 11) is 1.54. The van der Waals surface area contributed by atoms with Gasteiger partial charge in [-0.15, -0.1) is 0 Å². The Balaban J connectivity index is 2.27. The van der Waals surface area contributed by atoms with Crippen molar-refractivity contribution >= 4 is 6.09 Å². The van der Waals surface area contributed by atoms with E-state index in [0.717, 1.165) is 16.9 Å². The molecule has 1 aliphatic heterocycles. The quantitative estimate of drug-likeness (QED) is 0.857. The second-order valence-corrected chi connectivity index (χ2v) is 4.66. The van der Waals surface area contributed by atoms with Gasteiger partial charge in [0.15, 0.2) is 6.23 Å². The average molecular weight is 235 g/mol. The highest BCUT2D eigenvalue weighted by Gasteiger charge is 2.30. The van der Waals surface area contributed by atoms with E-state index in [2.05, 4.69) is 13.8 Å². The number of amides is 1. The summed E-state index contributed by atoms with van der Waals surface area (Å²) in [6.45, 7) is 4.21. The molecule has 1 heterocycles. The van der Waals surface area contributed by atoms with Crippen LogP contribution >= 0.6 is 0 Å². The molecule has 1 aliphatic rings. The summed E-state index contributed by atoms with van der Waals surface area (Å²) in [6.07, 6.45) is -0.741. The second-order valence-electron chi connectivity index (χ2n) is 4.66. The molecule has 4 heteroatoms. The lowest BCUT2D eigenvalue weighted by molar-refractivity contribution is 0.0602. The van der Waals surface area contributed by atoms with Gasteiger partial charge in [-0.1, -0.05) is 32.0 Å². The summed E-state index contributed by atoms with van der Waals surface area (Å²) in [5.74, 6) is 1.24. The molecule has 1 atom stereocenters. The van der Waals surface area contributed by atoms with E-state index < -0.39 is 12.3 Å². The number of nitrogens with zero attached hydrogens (tertiary/aromatic N) is 1. The normalized spacial score (nSPS) is 17.8. The zero-order valence-electron chi connectivity index (χ0n) is 10.3. The van der Waals surface area contributed by atoms with E-state index in [9.17, 15) is 4.79 Å². The first-order valence-corrected chi connectivity index (χ1v) is 5.75. The van der Waals surface area contributed by atoms with Crippen molar-refractivity contribution in [2.45, 2.75) is 32.4 Å². The van der Waals surface area contributed by atoms with Gasteiger partial charge in [0, 0.05) is 19.0 Å². The van der Waals surface area contributed by atoms with Gasteiger partial charge in [-0.2, -0.15) is 0 Å². The van der Waals surface area contributed by atoms with Crippen LogP contribution in [-0.2, 0) is 6.42 Å². The van der Waals surface area contributed by atoms with Gasteiger partial charge >= 0.3 is 6.09 Å². The lowest BCUT2D eigenvalue weighted by atomic mass is 9.99. The molecular formula is C13H17NO3. The first-order chi connectivity index (χ1) is 8.00. The van der Waals surface area contributed by atoms with E-state index in [0.29, 0.717) is 12.3 Å². The molecule has 17 heavy (non-hydrogen) atoms. The fourth-order valence-corrected chi connectivity index (χ4v) is 2.07. The van der Waals surface area contributed by atoms with E-state index in [4.69, 9.17) is 9.84 Å². The van der Waals surface area contributed by atoms with Crippen molar-refractivity contribution < 1.29 is 14.6 Å². The number of para-hydroxylation sites is 1. The number of ether oxygens (including phenoxy) is 1. The van der Waals surface area contributed by atoms with Crippen molar-refractivity contribution in [3.05, 3.63) is 29.3 Å². The van der Waals surface area contributed by atoms with Crippen molar-refractivity contribution in [2.24, 2.45) is 0 Å². The molecule has 4 nitrogen and oxygen atoms in total. The van der Waals surface area contributed by atoms with Gasteiger partial charge in [-0.05, 0) is 11.5 Å². The predicted octanol–water partition coefficient (Wildman–Crippen LogP) is 2.68. The Labute approximate surface area is 101 Å². The third-order valence-corrected chi connectivity index (χ3v) is 3.13. The lowest BCUT2D eigenvalue weighted by Crippen LogP contribution is -2.39. The molecule has 0 saturated heterocycles. The van der Waals surface area contributed by atoms with Crippen LogP contribution in [0.4, 0.5) is 4.79 Å². The molecule has 1 N–H and O–H groups in total. The summed E-state index contributed by atoms with van der Waals surface area (Å²) in [5, 5.41) is 8.95. The highest BCUT2D eigenvalue weighted by molar-refractivity contribution is 5.65. The highest BCUT2D eigenvalue weighted by Crippen LogP contribution is 2.36. The van der Waals surface area contributed by atoms with Gasteiger partial charge in [0.2, 0.25) is 0 Å². The molecule has 1 amide bonds. The van der Waals surface area contributed by atoms with E-state index in [-0.39, 0.29) is 0 Å². The van der Waals surface area contributed by atoms with Crippen molar-refractivity contribution in [1.29, 1.82) is 0 Å². The Bertz CT molecular complexity index is 442. The summed E-state index contributed by atoms with van der Waals surface area (Å²) >= 11 is 0. The smallest absolute Gasteiger partial charge is 0.409 e. The molecule has 0 aromatic heterocycles. The number of fused-ring (bicyclic) bond motifs is 1. The van der Waals surface area contributed by atoms with Gasteiger partial charge in [0.05, 0.1) is 0 Å². The third kappa shape index (κ3) is 2.07. The Morgan fingerprint density at radius 3 is 2.82 bits per heavy atom. The van der Waals surface area contributed by atoms with Gasteiger partial charge in [0.1, 0.15) is 5.75 Å². The Hall–Kier alpha value is -1.71. The average Bonchev–Trinajstić information content (AvgIpc) is 2.70. The third-order valence-electron chi connectivity index (χ3n) is 3.13. The van der Waals surface area contributed by atoms with Gasteiger partial charge in [-0.25, -0.2) is 4.79 Å². The molecular weight excluding hydrogens is 218 g/mol. The van der Waals surface area contributed by atoms with Gasteiger partial charge in [-0.3, -0.25) is 4.90 Å². The number of benzene rings is 1. The molecule has 0 bridgehead atoms. The molecule has 0 spiro atoms. The molecule has 0 aliphatic carbocycles. The van der Waals surface area contributed by atoms with Crippen molar-refractivity contribution in [1.82, 2.24) is 4.90 Å². The van der Waals surface area contributed by atoms with Crippen LogP contribution in [0, 0.1) is 0 Å². The molecule has 0 saturated carbocycles. The van der Waals surface area contributed by atoms with E-state index >= 15 is 0 Å². The number of carbonyl (C=O) groups is 1. The van der Waals surface area contributed by atoms with Crippen LogP contribution in [0.2, 0.25) is 0 Å². The predicted molar refractivity (Wildman–Crippen MR) is 64.4 cm³/mol. The number of likely N-dealkylation sites (N-methyl/N-ethyl adjacent to an activating group) is 1. The maximum Gasteiger partial charge on any atom is 0.409 e. The van der Waals surface area contributed by atoms with Gasteiger partial charge in [0.25, 0.3) is 0 Å². The lowest BCUT2D eigenvalue weighted by Gasteiger charge is -2.21. The van der Waals surface area contributed by atoms with E-state index in [1.165, 1.54) is 11.9 Å². The van der Waals surface area contributed by atoms with Crippen LogP contribution < -0.4 is 4.74 Å². The summed E-state index contributed by atoms with van der Waals surface area (Å²) in [6, 6.07) is 6.03. The summed E-state index contributed by atoms with van der Waals surface area (Å²) in [5.41, 5.74) is 2.23. The summed E-state index contributed by atoms with van der Waals surface area (Å²) < 4.78 is 5.77. The largest absolute Gasteiger partial charge is 0.469 e. The topological polar surface area (TPSA) is 49.8 Å². The van der Waals surface area contributed by atoms with Gasteiger partial charge < -0.3 is 9.84 Å². The van der Waals surface area contributed by atoms with Crippen molar-refractivity contribution in [3.8, 4) is 5.75 Å². The first-order valence-electron chi connectivity index (χ1n) is 5.75. The molecule has 1 aromatic rings. The van der Waals surface area contributed by atoms with Crippen LogP contribution in [-0.4, -0.2) is 29.4 Å². The zero-order chi connectivity index (χ0) is 12.6. The fraction of sp³-hybridized carbons (Fsp3) is 0.462. The van der Waals surface area contributed by atoms with Crippen molar-refractivity contribution in [2.75, 3.05) is 7.05 Å². The highest BCUT2D eigenvalue weighted by atomic mass is 16.5. The Morgan fingerprint density at radius 2 is 2.24 bits per heavy atom. The minimum atomic E-state index is -0.964. The SMILES string of the molecule is CC(C)c1cccc2c1OC(N(C)C(=O)O)C2. The van der Waals surface area contributed by atoms with Crippen LogP contribution in [0.25, 0.3) is 0 Å². The fourth-order valence-electron chi connectivity index (χ4n) is 2.07. The molecule has 2 rings (SSSR count). The maximum atomic E-state index is 10.9. The number of carboxylic acid groups (broad SMARTS) is 1. The monoisotopic (exact) mass is 235 g/mol. The maximum absolute atomic E-state index is 10.9. The Kier molecular flexibility index (Phi) is 2.96. The number of hydrogen-bond acceptors (Lipinski definition) is 2. The molecule has 1 aromatic carbocycles. The number of hydrogen-bond donors (Lipinski definition) is 1. The minimum absolute atomic E-state index is 0.374. The first kappa shape index (κ1) is 11.8.